The van der Waals surface area contributed by atoms with E-state index in [1.165, 1.54) is 11.4 Å². The number of nitrogens with one attached hydrogen (secondary N) is 1. The van der Waals surface area contributed by atoms with Gasteiger partial charge in [0.1, 0.15) is 5.82 Å². The van der Waals surface area contributed by atoms with E-state index in [1.54, 1.807) is 11.3 Å². The van der Waals surface area contributed by atoms with Crippen LogP contribution in [0.5, 0.6) is 0 Å². The first-order valence-electron chi connectivity index (χ1n) is 3.49. The van der Waals surface area contributed by atoms with Gasteiger partial charge in [0.25, 0.3) is 0 Å². The van der Waals surface area contributed by atoms with Crippen molar-refractivity contribution in [3.05, 3.63) is 10.4 Å². The van der Waals surface area contributed by atoms with Crippen molar-refractivity contribution in [2.24, 2.45) is 0 Å². The van der Waals surface area contributed by atoms with Gasteiger partial charge in [-0.2, -0.15) is 0 Å². The molecule has 0 aromatic carbocycles. The van der Waals surface area contributed by atoms with E-state index < -0.39 is 0 Å². The summed E-state index contributed by atoms with van der Waals surface area (Å²) in [6.07, 6.45) is 2.28. The summed E-state index contributed by atoms with van der Waals surface area (Å²) in [5, 5.41) is 6.28. The molecule has 0 aliphatic carbocycles. The first-order valence-corrected chi connectivity index (χ1v) is 4.37. The lowest BCUT2D eigenvalue weighted by atomic mass is 10.4. The minimum Gasteiger partial charge on any atom is -0.372 e. The minimum atomic E-state index is 0.994. The van der Waals surface area contributed by atoms with Crippen LogP contribution in [0.1, 0.15) is 18.4 Å². The highest BCUT2D eigenvalue weighted by Gasteiger charge is 1.96. The Labute approximate surface area is 65.3 Å². The maximum atomic E-state index is 4.33. The van der Waals surface area contributed by atoms with E-state index in [0.717, 1.165) is 12.2 Å². The van der Waals surface area contributed by atoms with Crippen LogP contribution in [-0.2, 0) is 6.42 Å². The second-order valence-corrected chi connectivity index (χ2v) is 3.07. The van der Waals surface area contributed by atoms with Crippen LogP contribution in [0.3, 0.4) is 0 Å². The smallest absolute Gasteiger partial charge is 0.137 e. The van der Waals surface area contributed by atoms with E-state index in [9.17, 15) is 0 Å². The van der Waals surface area contributed by atoms with Gasteiger partial charge in [0.05, 0.1) is 5.01 Å². The van der Waals surface area contributed by atoms with Crippen molar-refractivity contribution < 1.29 is 0 Å². The lowest BCUT2D eigenvalue weighted by Crippen LogP contribution is -1.88. The summed E-state index contributed by atoms with van der Waals surface area (Å²) in [6, 6.07) is 0. The topological polar surface area (TPSA) is 24.9 Å². The van der Waals surface area contributed by atoms with Crippen molar-refractivity contribution >= 4 is 17.2 Å². The zero-order valence-corrected chi connectivity index (χ0v) is 7.16. The second-order valence-electron chi connectivity index (χ2n) is 2.13. The van der Waals surface area contributed by atoms with Gasteiger partial charge >= 0.3 is 0 Å². The Hall–Kier alpha value is -0.570. The molecule has 1 aromatic heterocycles. The molecule has 10 heavy (non-hydrogen) atoms. The van der Waals surface area contributed by atoms with Gasteiger partial charge in [0.15, 0.2) is 0 Å². The second kappa shape index (κ2) is 3.56. The normalized spacial score (nSPS) is 9.80. The van der Waals surface area contributed by atoms with Gasteiger partial charge in [-0.1, -0.05) is 6.92 Å². The maximum Gasteiger partial charge on any atom is 0.137 e. The van der Waals surface area contributed by atoms with Crippen LogP contribution in [0.25, 0.3) is 0 Å². The number of aromatic nitrogens is 1. The summed E-state index contributed by atoms with van der Waals surface area (Å²) in [7, 11) is 1.89. The van der Waals surface area contributed by atoms with Crippen LogP contribution in [-0.4, -0.2) is 12.0 Å². The maximum absolute atomic E-state index is 4.33. The highest BCUT2D eigenvalue weighted by atomic mass is 32.1. The van der Waals surface area contributed by atoms with Crippen LogP contribution in [0.2, 0.25) is 0 Å². The third kappa shape index (κ3) is 1.70. The number of rotatable bonds is 3. The third-order valence-electron chi connectivity index (χ3n) is 1.27. The van der Waals surface area contributed by atoms with Crippen molar-refractivity contribution in [3.8, 4) is 0 Å². The summed E-state index contributed by atoms with van der Waals surface area (Å²) in [4.78, 5) is 4.33. The molecule has 0 aliphatic heterocycles. The van der Waals surface area contributed by atoms with Crippen LogP contribution in [0.15, 0.2) is 5.38 Å². The van der Waals surface area contributed by atoms with Crippen LogP contribution >= 0.6 is 11.3 Å². The number of hydrogen-bond donors (Lipinski definition) is 1. The van der Waals surface area contributed by atoms with Gasteiger partial charge in [-0.05, 0) is 12.8 Å². The van der Waals surface area contributed by atoms with Gasteiger partial charge in [0, 0.05) is 12.4 Å². The standard InChI is InChI=1S/C7H12N2S/c1-3-4-7-9-6(8-2)5-10-7/h5,8H,3-4H2,1-2H3. The molecule has 0 bridgehead atoms. The van der Waals surface area contributed by atoms with E-state index in [4.69, 9.17) is 0 Å². The molecule has 1 N–H and O–H groups in total. The zero-order chi connectivity index (χ0) is 7.40. The molecule has 0 radical (unpaired) electrons. The van der Waals surface area contributed by atoms with E-state index in [-0.39, 0.29) is 0 Å². The molecule has 0 fully saturated rings. The summed E-state index contributed by atoms with van der Waals surface area (Å²) in [5.74, 6) is 0.994. The number of anilines is 1. The van der Waals surface area contributed by atoms with E-state index >= 15 is 0 Å². The number of thiazole rings is 1. The Bertz CT molecular complexity index is 195. The Balaban J connectivity index is 2.59. The summed E-state index contributed by atoms with van der Waals surface area (Å²) < 4.78 is 0. The molecule has 3 heteroatoms. The minimum absolute atomic E-state index is 0.994. The molecule has 0 spiro atoms. The zero-order valence-electron chi connectivity index (χ0n) is 6.35. The molecule has 0 unspecified atom stereocenters. The molecule has 0 aliphatic rings. The van der Waals surface area contributed by atoms with Gasteiger partial charge in [-0.15, -0.1) is 11.3 Å². The molecule has 56 valence electrons. The molecule has 0 atom stereocenters. The van der Waals surface area contributed by atoms with Gasteiger partial charge in [-0.25, -0.2) is 4.98 Å². The Morgan fingerprint density at radius 1 is 1.70 bits per heavy atom. The fourth-order valence-corrected chi connectivity index (χ4v) is 1.65. The fourth-order valence-electron chi connectivity index (χ4n) is 0.754. The number of aryl methyl sites for hydroxylation is 1. The van der Waals surface area contributed by atoms with Crippen molar-refractivity contribution in [1.82, 2.24) is 4.98 Å². The molecule has 1 rings (SSSR count). The molecule has 2 nitrogen and oxygen atoms in total. The molecule has 0 amide bonds. The molecule has 1 heterocycles. The van der Waals surface area contributed by atoms with Crippen molar-refractivity contribution in [2.45, 2.75) is 19.8 Å². The molecule has 0 saturated carbocycles. The number of nitrogens with zero attached hydrogens (tertiary/aromatic N) is 1. The predicted octanol–water partition coefficient (Wildman–Crippen LogP) is 2.14. The van der Waals surface area contributed by atoms with Crippen molar-refractivity contribution in [2.75, 3.05) is 12.4 Å². The predicted molar refractivity (Wildman–Crippen MR) is 45.7 cm³/mol. The third-order valence-corrected chi connectivity index (χ3v) is 2.18. The molecular weight excluding hydrogens is 144 g/mol. The van der Waals surface area contributed by atoms with Crippen molar-refractivity contribution in [3.63, 3.8) is 0 Å². The van der Waals surface area contributed by atoms with Gasteiger partial charge < -0.3 is 5.32 Å². The highest BCUT2D eigenvalue weighted by molar-refractivity contribution is 7.10. The molecular formula is C7H12N2S. The Morgan fingerprint density at radius 3 is 3.00 bits per heavy atom. The lowest BCUT2D eigenvalue weighted by Gasteiger charge is -1.89. The highest BCUT2D eigenvalue weighted by Crippen LogP contribution is 2.14. The Kier molecular flexibility index (Phi) is 2.68. The van der Waals surface area contributed by atoms with E-state index in [1.807, 2.05) is 12.4 Å². The fraction of sp³-hybridized carbons (Fsp3) is 0.571. The van der Waals surface area contributed by atoms with Crippen LogP contribution in [0.4, 0.5) is 5.82 Å². The quantitative estimate of drug-likeness (QED) is 0.725. The van der Waals surface area contributed by atoms with Crippen molar-refractivity contribution in [1.29, 1.82) is 0 Å². The largest absolute Gasteiger partial charge is 0.372 e. The lowest BCUT2D eigenvalue weighted by molar-refractivity contribution is 0.909. The number of hydrogen-bond acceptors (Lipinski definition) is 3. The van der Waals surface area contributed by atoms with E-state index in [0.29, 0.717) is 0 Å². The monoisotopic (exact) mass is 156 g/mol. The SMILES string of the molecule is CCCc1nc(NC)cs1. The van der Waals surface area contributed by atoms with Gasteiger partial charge in [0.2, 0.25) is 0 Å². The Morgan fingerprint density at radius 2 is 2.50 bits per heavy atom. The van der Waals surface area contributed by atoms with Crippen LogP contribution in [0, 0.1) is 0 Å². The summed E-state index contributed by atoms with van der Waals surface area (Å²) in [6.45, 7) is 2.17. The molecule has 0 saturated heterocycles. The first kappa shape index (κ1) is 7.54. The van der Waals surface area contributed by atoms with E-state index in [2.05, 4.69) is 17.2 Å². The summed E-state index contributed by atoms with van der Waals surface area (Å²) >= 11 is 1.73. The van der Waals surface area contributed by atoms with Crippen LogP contribution < -0.4 is 5.32 Å². The first-order chi connectivity index (χ1) is 4.86. The van der Waals surface area contributed by atoms with Gasteiger partial charge in [-0.3, -0.25) is 0 Å². The molecule has 1 aromatic rings. The summed E-state index contributed by atoms with van der Waals surface area (Å²) in [5.41, 5.74) is 0. The average molecular weight is 156 g/mol. The average Bonchev–Trinajstić information content (AvgIpc) is 2.37.